The average Bonchev–Trinajstić information content (AvgIpc) is 2.04. The van der Waals surface area contributed by atoms with Gasteiger partial charge in [0.15, 0.2) is 0 Å². The van der Waals surface area contributed by atoms with Gasteiger partial charge >= 0.3 is 0 Å². The van der Waals surface area contributed by atoms with Crippen LogP contribution in [0.25, 0.3) is 6.08 Å². The van der Waals surface area contributed by atoms with Gasteiger partial charge in [-0.05, 0) is 23.8 Å². The lowest BCUT2D eigenvalue weighted by Gasteiger charge is -1.97. The molecule has 0 aliphatic rings. The van der Waals surface area contributed by atoms with Gasteiger partial charge in [0.25, 0.3) is 10.1 Å². The van der Waals surface area contributed by atoms with Gasteiger partial charge in [-0.3, -0.25) is 4.55 Å². The summed E-state index contributed by atoms with van der Waals surface area (Å²) in [5.41, 5.74) is 1.88. The molecule has 1 rings (SSSR count). The minimum Gasteiger partial charge on any atom is -0.282 e. The van der Waals surface area contributed by atoms with Crippen molar-refractivity contribution in [1.82, 2.24) is 0 Å². The van der Waals surface area contributed by atoms with Crippen LogP contribution in [-0.2, 0) is 10.1 Å². The van der Waals surface area contributed by atoms with Gasteiger partial charge in [-0.2, -0.15) is 8.42 Å². The number of hydrogen-bond acceptors (Lipinski definition) is 2. The SMILES string of the molecule is O=S(=O)(O)c1cccc(C=CCl)c1. The van der Waals surface area contributed by atoms with Gasteiger partial charge < -0.3 is 0 Å². The highest BCUT2D eigenvalue weighted by atomic mass is 35.5. The van der Waals surface area contributed by atoms with E-state index in [-0.39, 0.29) is 4.90 Å². The highest BCUT2D eigenvalue weighted by Crippen LogP contribution is 2.12. The maximum absolute atomic E-state index is 10.7. The molecule has 70 valence electrons. The molecule has 5 heteroatoms. The molecule has 0 aliphatic carbocycles. The van der Waals surface area contributed by atoms with Gasteiger partial charge in [-0.25, -0.2) is 0 Å². The van der Waals surface area contributed by atoms with Crippen LogP contribution in [0, 0.1) is 0 Å². The molecule has 0 saturated heterocycles. The number of halogens is 1. The summed E-state index contributed by atoms with van der Waals surface area (Å²) < 4.78 is 30.1. The van der Waals surface area contributed by atoms with Crippen LogP contribution in [0.1, 0.15) is 5.56 Å². The predicted molar refractivity (Wildman–Crippen MR) is 51.1 cm³/mol. The molecule has 0 fully saturated rings. The standard InChI is InChI=1S/C8H7ClO3S/c9-5-4-7-2-1-3-8(6-7)13(10,11)12/h1-6H,(H,10,11,12). The van der Waals surface area contributed by atoms with Gasteiger partial charge in [-0.15, -0.1) is 0 Å². The Balaban J connectivity index is 3.21. The van der Waals surface area contributed by atoms with Crippen molar-refractivity contribution in [2.75, 3.05) is 0 Å². The molecule has 0 spiro atoms. The minimum atomic E-state index is -4.12. The van der Waals surface area contributed by atoms with Gasteiger partial charge in [0.2, 0.25) is 0 Å². The molecular weight excluding hydrogens is 212 g/mol. The molecular formula is C8H7ClO3S. The molecule has 0 aromatic heterocycles. The van der Waals surface area contributed by atoms with E-state index >= 15 is 0 Å². The second-order valence-corrected chi connectivity index (χ2v) is 4.01. The summed E-state index contributed by atoms with van der Waals surface area (Å²) in [5, 5.41) is 0. The Bertz CT molecular complexity index is 423. The minimum absolute atomic E-state index is 0.139. The molecule has 0 bridgehead atoms. The topological polar surface area (TPSA) is 54.4 Å². The molecule has 0 atom stereocenters. The fourth-order valence-electron chi connectivity index (χ4n) is 0.851. The molecule has 1 N–H and O–H groups in total. The van der Waals surface area contributed by atoms with Crippen molar-refractivity contribution in [3.8, 4) is 0 Å². The van der Waals surface area contributed by atoms with Crippen molar-refractivity contribution >= 4 is 27.8 Å². The van der Waals surface area contributed by atoms with Gasteiger partial charge in [0.05, 0.1) is 4.90 Å². The van der Waals surface area contributed by atoms with E-state index in [0.29, 0.717) is 5.56 Å². The quantitative estimate of drug-likeness (QED) is 0.774. The third-order valence-corrected chi connectivity index (χ3v) is 2.39. The number of rotatable bonds is 2. The molecule has 0 heterocycles. The molecule has 1 aromatic carbocycles. The Kier molecular flexibility index (Phi) is 3.08. The van der Waals surface area contributed by atoms with Crippen LogP contribution < -0.4 is 0 Å². The lowest BCUT2D eigenvalue weighted by atomic mass is 10.2. The van der Waals surface area contributed by atoms with Crippen molar-refractivity contribution in [2.24, 2.45) is 0 Å². The second kappa shape index (κ2) is 3.91. The van der Waals surface area contributed by atoms with Gasteiger partial charge in [0.1, 0.15) is 0 Å². The lowest BCUT2D eigenvalue weighted by molar-refractivity contribution is 0.483. The molecule has 0 aliphatic heterocycles. The molecule has 0 saturated carbocycles. The summed E-state index contributed by atoms with van der Waals surface area (Å²) in [7, 11) is -4.12. The summed E-state index contributed by atoms with van der Waals surface area (Å²) in [6, 6.07) is 5.83. The number of benzene rings is 1. The van der Waals surface area contributed by atoms with Gasteiger partial charge in [0, 0.05) is 5.54 Å². The molecule has 3 nitrogen and oxygen atoms in total. The van der Waals surface area contributed by atoms with E-state index in [9.17, 15) is 8.42 Å². The van der Waals surface area contributed by atoms with Crippen LogP contribution >= 0.6 is 11.6 Å². The lowest BCUT2D eigenvalue weighted by Crippen LogP contribution is -1.97. The third kappa shape index (κ3) is 2.84. The predicted octanol–water partition coefficient (Wildman–Crippen LogP) is 2.14. The normalized spacial score (nSPS) is 12.2. The van der Waals surface area contributed by atoms with Crippen LogP contribution in [0.15, 0.2) is 34.7 Å². The Morgan fingerprint density at radius 2 is 2.08 bits per heavy atom. The van der Waals surface area contributed by atoms with Crippen molar-refractivity contribution in [3.05, 3.63) is 35.4 Å². The summed E-state index contributed by atoms with van der Waals surface area (Å²) in [5.74, 6) is 0. The van der Waals surface area contributed by atoms with E-state index in [4.69, 9.17) is 16.2 Å². The third-order valence-electron chi connectivity index (χ3n) is 1.41. The summed E-state index contributed by atoms with van der Waals surface area (Å²) in [4.78, 5) is -0.139. The van der Waals surface area contributed by atoms with Crippen LogP contribution in [0.5, 0.6) is 0 Å². The van der Waals surface area contributed by atoms with E-state index in [1.807, 2.05) is 0 Å². The smallest absolute Gasteiger partial charge is 0.282 e. The summed E-state index contributed by atoms with van der Waals surface area (Å²) >= 11 is 5.31. The fourth-order valence-corrected chi connectivity index (χ4v) is 1.53. The highest BCUT2D eigenvalue weighted by Gasteiger charge is 2.08. The zero-order valence-corrected chi connectivity index (χ0v) is 8.09. The van der Waals surface area contributed by atoms with Crippen LogP contribution in [-0.4, -0.2) is 13.0 Å². The zero-order valence-electron chi connectivity index (χ0n) is 6.51. The van der Waals surface area contributed by atoms with Crippen LogP contribution in [0.2, 0.25) is 0 Å². The van der Waals surface area contributed by atoms with Crippen LogP contribution in [0.4, 0.5) is 0 Å². The van der Waals surface area contributed by atoms with E-state index in [0.717, 1.165) is 0 Å². The van der Waals surface area contributed by atoms with Crippen molar-refractivity contribution in [3.63, 3.8) is 0 Å². The molecule has 1 aromatic rings. The fraction of sp³-hybridized carbons (Fsp3) is 0. The Hall–Kier alpha value is -0.840. The Morgan fingerprint density at radius 1 is 1.38 bits per heavy atom. The van der Waals surface area contributed by atoms with E-state index < -0.39 is 10.1 Å². The first-order valence-corrected chi connectivity index (χ1v) is 5.26. The van der Waals surface area contributed by atoms with E-state index in [1.54, 1.807) is 6.07 Å². The zero-order chi connectivity index (χ0) is 9.90. The van der Waals surface area contributed by atoms with Crippen molar-refractivity contribution in [1.29, 1.82) is 0 Å². The molecule has 0 radical (unpaired) electrons. The molecule has 13 heavy (non-hydrogen) atoms. The Morgan fingerprint density at radius 3 is 2.62 bits per heavy atom. The first kappa shape index (κ1) is 10.2. The average molecular weight is 219 g/mol. The molecule has 0 amide bonds. The van der Waals surface area contributed by atoms with E-state index in [2.05, 4.69) is 0 Å². The summed E-state index contributed by atoms with van der Waals surface area (Å²) in [6.45, 7) is 0. The highest BCUT2D eigenvalue weighted by molar-refractivity contribution is 7.85. The molecule has 0 unspecified atom stereocenters. The largest absolute Gasteiger partial charge is 0.294 e. The van der Waals surface area contributed by atoms with Crippen molar-refractivity contribution in [2.45, 2.75) is 4.90 Å². The van der Waals surface area contributed by atoms with Crippen LogP contribution in [0.3, 0.4) is 0 Å². The second-order valence-electron chi connectivity index (χ2n) is 2.34. The summed E-state index contributed by atoms with van der Waals surface area (Å²) in [6.07, 6.45) is 1.52. The van der Waals surface area contributed by atoms with E-state index in [1.165, 1.54) is 29.8 Å². The number of hydrogen-bond donors (Lipinski definition) is 1. The van der Waals surface area contributed by atoms with Gasteiger partial charge in [-0.1, -0.05) is 23.7 Å². The monoisotopic (exact) mass is 218 g/mol. The maximum Gasteiger partial charge on any atom is 0.294 e. The van der Waals surface area contributed by atoms with Crippen molar-refractivity contribution < 1.29 is 13.0 Å². The first-order chi connectivity index (χ1) is 6.04. The Labute approximate surface area is 81.4 Å². The maximum atomic E-state index is 10.7. The first-order valence-electron chi connectivity index (χ1n) is 3.38.